The Morgan fingerprint density at radius 2 is 2.00 bits per heavy atom. The second-order valence-electron chi connectivity index (χ2n) is 7.36. The SMILES string of the molecule is Cc1nn(C)c(C)c1CNC(=O)C1CCCN1c1nnc(N2CCCC2=O)s1. The fourth-order valence-electron chi connectivity index (χ4n) is 3.92. The molecule has 1 N–H and O–H groups in total. The van der Waals surface area contributed by atoms with Crippen molar-refractivity contribution in [3.05, 3.63) is 17.0 Å². The lowest BCUT2D eigenvalue weighted by Crippen LogP contribution is -2.43. The molecule has 2 amide bonds. The van der Waals surface area contributed by atoms with E-state index in [0.717, 1.165) is 42.8 Å². The highest BCUT2D eigenvalue weighted by Gasteiger charge is 2.34. The van der Waals surface area contributed by atoms with E-state index in [1.807, 2.05) is 30.5 Å². The Balaban J connectivity index is 1.44. The molecule has 2 aromatic heterocycles. The summed E-state index contributed by atoms with van der Waals surface area (Å²) in [7, 11) is 1.91. The minimum atomic E-state index is -0.257. The number of nitrogens with one attached hydrogen (secondary N) is 1. The highest BCUT2D eigenvalue weighted by molar-refractivity contribution is 7.19. The van der Waals surface area contributed by atoms with Gasteiger partial charge in [0.05, 0.1) is 5.69 Å². The van der Waals surface area contributed by atoms with Crippen molar-refractivity contribution in [2.24, 2.45) is 7.05 Å². The number of hydrogen-bond acceptors (Lipinski definition) is 7. The monoisotopic (exact) mass is 403 g/mol. The molecule has 2 fully saturated rings. The van der Waals surface area contributed by atoms with E-state index in [9.17, 15) is 9.59 Å². The summed E-state index contributed by atoms with van der Waals surface area (Å²) in [6.07, 6.45) is 3.14. The van der Waals surface area contributed by atoms with Gasteiger partial charge in [0, 0.05) is 44.4 Å². The van der Waals surface area contributed by atoms with E-state index in [2.05, 4.69) is 20.6 Å². The molecular weight excluding hydrogens is 378 g/mol. The van der Waals surface area contributed by atoms with Crippen LogP contribution in [0.15, 0.2) is 0 Å². The Labute approximate surface area is 167 Å². The molecule has 28 heavy (non-hydrogen) atoms. The summed E-state index contributed by atoms with van der Waals surface area (Å²) in [4.78, 5) is 28.5. The van der Waals surface area contributed by atoms with Gasteiger partial charge in [-0.25, -0.2) is 0 Å². The van der Waals surface area contributed by atoms with Gasteiger partial charge in [0.2, 0.25) is 22.1 Å². The number of carbonyl (C=O) groups is 2. The molecule has 4 rings (SSSR count). The van der Waals surface area contributed by atoms with Crippen molar-refractivity contribution in [3.63, 3.8) is 0 Å². The van der Waals surface area contributed by atoms with Gasteiger partial charge in [0.1, 0.15) is 6.04 Å². The first kappa shape index (κ1) is 18.9. The van der Waals surface area contributed by atoms with Crippen LogP contribution in [-0.4, -0.2) is 50.9 Å². The number of amides is 2. The zero-order chi connectivity index (χ0) is 19.8. The normalized spacial score (nSPS) is 19.7. The molecule has 4 heterocycles. The van der Waals surface area contributed by atoms with Gasteiger partial charge in [0.25, 0.3) is 0 Å². The van der Waals surface area contributed by atoms with Crippen molar-refractivity contribution in [2.45, 2.75) is 52.1 Å². The lowest BCUT2D eigenvalue weighted by atomic mass is 10.1. The molecule has 0 spiro atoms. The molecule has 0 bridgehead atoms. The smallest absolute Gasteiger partial charge is 0.243 e. The van der Waals surface area contributed by atoms with E-state index < -0.39 is 0 Å². The van der Waals surface area contributed by atoms with Crippen LogP contribution in [0, 0.1) is 13.8 Å². The van der Waals surface area contributed by atoms with E-state index in [4.69, 9.17) is 0 Å². The molecule has 0 radical (unpaired) electrons. The Hall–Kier alpha value is -2.49. The van der Waals surface area contributed by atoms with Crippen LogP contribution < -0.4 is 15.1 Å². The Kier molecular flexibility index (Phi) is 5.05. The molecule has 9 nitrogen and oxygen atoms in total. The highest BCUT2D eigenvalue weighted by Crippen LogP contribution is 2.33. The van der Waals surface area contributed by atoms with Gasteiger partial charge in [-0.1, -0.05) is 11.3 Å². The van der Waals surface area contributed by atoms with Crippen LogP contribution in [0.2, 0.25) is 0 Å². The van der Waals surface area contributed by atoms with Crippen LogP contribution in [0.5, 0.6) is 0 Å². The van der Waals surface area contributed by atoms with Gasteiger partial charge in [-0.05, 0) is 33.1 Å². The Bertz CT molecular complexity index is 906. The van der Waals surface area contributed by atoms with Crippen molar-refractivity contribution in [2.75, 3.05) is 22.9 Å². The van der Waals surface area contributed by atoms with E-state index in [1.165, 1.54) is 11.3 Å². The van der Waals surface area contributed by atoms with Crippen LogP contribution in [-0.2, 0) is 23.2 Å². The molecule has 0 aromatic carbocycles. The summed E-state index contributed by atoms with van der Waals surface area (Å²) in [5.74, 6) is 0.0924. The third-order valence-corrected chi connectivity index (χ3v) is 6.59. The summed E-state index contributed by atoms with van der Waals surface area (Å²) in [5, 5.41) is 17.3. The number of hydrogen-bond donors (Lipinski definition) is 1. The van der Waals surface area contributed by atoms with Crippen LogP contribution in [0.1, 0.15) is 42.6 Å². The largest absolute Gasteiger partial charge is 0.350 e. The highest BCUT2D eigenvalue weighted by atomic mass is 32.1. The number of nitrogens with zero attached hydrogens (tertiary/aromatic N) is 6. The van der Waals surface area contributed by atoms with Crippen molar-refractivity contribution >= 4 is 33.4 Å². The average Bonchev–Trinajstić information content (AvgIpc) is 3.42. The Morgan fingerprint density at radius 1 is 1.21 bits per heavy atom. The van der Waals surface area contributed by atoms with Gasteiger partial charge in [-0.3, -0.25) is 19.2 Å². The van der Waals surface area contributed by atoms with Gasteiger partial charge in [-0.2, -0.15) is 5.10 Å². The maximum atomic E-state index is 12.9. The van der Waals surface area contributed by atoms with Crippen LogP contribution in [0.4, 0.5) is 10.3 Å². The average molecular weight is 404 g/mol. The molecule has 2 aliphatic rings. The summed E-state index contributed by atoms with van der Waals surface area (Å²) in [5.41, 5.74) is 3.06. The first-order valence-electron chi connectivity index (χ1n) is 9.63. The number of carbonyl (C=O) groups excluding carboxylic acids is 2. The number of aromatic nitrogens is 4. The van der Waals surface area contributed by atoms with Gasteiger partial charge >= 0.3 is 0 Å². The third-order valence-electron chi connectivity index (χ3n) is 5.61. The molecule has 2 aliphatic heterocycles. The fraction of sp³-hybridized carbons (Fsp3) is 0.611. The molecular formula is C18H25N7O2S. The molecule has 150 valence electrons. The molecule has 1 atom stereocenters. The summed E-state index contributed by atoms with van der Waals surface area (Å²) < 4.78 is 1.83. The van der Waals surface area contributed by atoms with E-state index >= 15 is 0 Å². The second-order valence-corrected chi connectivity index (χ2v) is 8.29. The molecule has 0 aliphatic carbocycles. The minimum Gasteiger partial charge on any atom is -0.350 e. The fourth-order valence-corrected chi connectivity index (χ4v) is 4.88. The number of rotatable bonds is 5. The topological polar surface area (TPSA) is 96.2 Å². The Morgan fingerprint density at radius 3 is 2.68 bits per heavy atom. The van der Waals surface area contributed by atoms with Crippen LogP contribution in [0.25, 0.3) is 0 Å². The van der Waals surface area contributed by atoms with Gasteiger partial charge < -0.3 is 10.2 Å². The third kappa shape index (κ3) is 3.36. The summed E-state index contributed by atoms with van der Waals surface area (Å²) in [6.45, 7) is 5.90. The van der Waals surface area contributed by atoms with Crippen molar-refractivity contribution in [3.8, 4) is 0 Å². The maximum Gasteiger partial charge on any atom is 0.243 e. The predicted molar refractivity (Wildman–Crippen MR) is 106 cm³/mol. The zero-order valence-corrected chi connectivity index (χ0v) is 17.3. The molecule has 10 heteroatoms. The standard InChI is InChI=1S/C18H25N7O2S/c1-11-13(12(2)23(3)22-11)10-19-16(27)14-6-4-8-24(14)17-20-21-18(28-17)25-9-5-7-15(25)26/h14H,4-10H2,1-3H3,(H,19,27). The molecule has 2 aromatic rings. The predicted octanol–water partition coefficient (Wildman–Crippen LogP) is 1.30. The van der Waals surface area contributed by atoms with E-state index in [0.29, 0.717) is 29.8 Å². The van der Waals surface area contributed by atoms with Crippen molar-refractivity contribution < 1.29 is 9.59 Å². The van der Waals surface area contributed by atoms with Crippen molar-refractivity contribution in [1.82, 2.24) is 25.3 Å². The van der Waals surface area contributed by atoms with E-state index in [1.54, 1.807) is 4.90 Å². The van der Waals surface area contributed by atoms with Gasteiger partial charge in [0.15, 0.2) is 0 Å². The van der Waals surface area contributed by atoms with Gasteiger partial charge in [-0.15, -0.1) is 10.2 Å². The molecule has 0 saturated carbocycles. The zero-order valence-electron chi connectivity index (χ0n) is 16.4. The lowest BCUT2D eigenvalue weighted by molar-refractivity contribution is -0.122. The quantitative estimate of drug-likeness (QED) is 0.808. The van der Waals surface area contributed by atoms with Crippen LogP contribution >= 0.6 is 11.3 Å². The molecule has 2 saturated heterocycles. The summed E-state index contributed by atoms with van der Waals surface area (Å²) in [6, 6.07) is -0.257. The maximum absolute atomic E-state index is 12.9. The summed E-state index contributed by atoms with van der Waals surface area (Å²) >= 11 is 1.39. The second kappa shape index (κ2) is 7.50. The van der Waals surface area contributed by atoms with Crippen LogP contribution in [0.3, 0.4) is 0 Å². The molecule has 1 unspecified atom stereocenters. The van der Waals surface area contributed by atoms with E-state index in [-0.39, 0.29) is 17.9 Å². The van der Waals surface area contributed by atoms with Crippen molar-refractivity contribution in [1.29, 1.82) is 0 Å². The lowest BCUT2D eigenvalue weighted by Gasteiger charge is -2.22. The number of anilines is 2. The first-order chi connectivity index (χ1) is 13.5. The first-order valence-corrected chi connectivity index (χ1v) is 10.4. The number of aryl methyl sites for hydroxylation is 2. The minimum absolute atomic E-state index is 0.00541.